The molecule has 2 aromatic rings. The molecule has 0 unspecified atom stereocenters. The zero-order valence-corrected chi connectivity index (χ0v) is 8.98. The molecule has 0 atom stereocenters. The van der Waals surface area contributed by atoms with Crippen molar-refractivity contribution in [2.24, 2.45) is 0 Å². The first kappa shape index (κ1) is 8.72. The van der Waals surface area contributed by atoms with Crippen LogP contribution in [-0.2, 0) is 0 Å². The highest BCUT2D eigenvalue weighted by Crippen LogP contribution is 2.34. The van der Waals surface area contributed by atoms with Crippen LogP contribution in [0, 0.1) is 0 Å². The van der Waals surface area contributed by atoms with E-state index >= 15 is 0 Å². The van der Waals surface area contributed by atoms with Crippen molar-refractivity contribution in [3.05, 3.63) is 27.5 Å². The van der Waals surface area contributed by atoms with Crippen LogP contribution >= 0.6 is 27.3 Å². The van der Waals surface area contributed by atoms with Gasteiger partial charge in [-0.2, -0.15) is 0 Å². The Morgan fingerprint density at radius 2 is 2.31 bits per heavy atom. The van der Waals surface area contributed by atoms with Crippen LogP contribution in [0.3, 0.4) is 0 Å². The Kier molecular flexibility index (Phi) is 2.09. The highest BCUT2D eigenvalue weighted by atomic mass is 79.9. The smallest absolute Gasteiger partial charge is 0.151 e. The first-order chi connectivity index (χ1) is 6.24. The Balaban J connectivity index is 2.95. The number of fused-ring (bicyclic) bond motifs is 1. The summed E-state index contributed by atoms with van der Waals surface area (Å²) in [6.45, 7) is 0. The van der Waals surface area contributed by atoms with Crippen LogP contribution in [0.5, 0.6) is 0 Å². The normalized spacial score (nSPS) is 10.5. The fourth-order valence-electron chi connectivity index (χ4n) is 1.24. The Labute approximate surface area is 87.5 Å². The molecule has 0 aliphatic carbocycles. The zero-order chi connectivity index (χ0) is 9.42. The lowest BCUT2D eigenvalue weighted by atomic mass is 10.1. The first-order valence-corrected chi connectivity index (χ1v) is 5.31. The fraction of sp³-hybridized carbons (Fsp3) is 0. The van der Waals surface area contributed by atoms with Gasteiger partial charge in [0.15, 0.2) is 6.29 Å². The minimum atomic E-state index is 0.686. The molecule has 0 saturated heterocycles. The zero-order valence-electron chi connectivity index (χ0n) is 6.58. The van der Waals surface area contributed by atoms with Crippen LogP contribution in [0.2, 0.25) is 0 Å². The molecule has 1 aromatic heterocycles. The van der Waals surface area contributed by atoms with E-state index in [0.29, 0.717) is 11.3 Å². The summed E-state index contributed by atoms with van der Waals surface area (Å²) in [5.74, 6) is 0. The number of benzene rings is 1. The maximum atomic E-state index is 10.7. The Bertz CT molecular complexity index is 478. The lowest BCUT2D eigenvalue weighted by Gasteiger charge is -2.01. The van der Waals surface area contributed by atoms with E-state index in [1.165, 1.54) is 11.3 Å². The summed E-state index contributed by atoms with van der Waals surface area (Å²) in [5.41, 5.74) is 7.21. The predicted molar refractivity (Wildman–Crippen MR) is 59.3 cm³/mol. The van der Waals surface area contributed by atoms with Crippen molar-refractivity contribution < 1.29 is 4.79 Å². The summed E-state index contributed by atoms with van der Waals surface area (Å²) in [6.07, 6.45) is 0.850. The minimum absolute atomic E-state index is 0.686. The average molecular weight is 256 g/mol. The van der Waals surface area contributed by atoms with Crippen LogP contribution in [0.25, 0.3) is 10.1 Å². The van der Waals surface area contributed by atoms with Crippen molar-refractivity contribution in [1.29, 1.82) is 0 Å². The van der Waals surface area contributed by atoms with Crippen molar-refractivity contribution in [1.82, 2.24) is 0 Å². The van der Waals surface area contributed by atoms with E-state index in [-0.39, 0.29) is 0 Å². The monoisotopic (exact) mass is 255 g/mol. The topological polar surface area (TPSA) is 43.1 Å². The molecule has 0 saturated carbocycles. The molecule has 0 bridgehead atoms. The molecule has 0 amide bonds. The molecule has 0 aliphatic rings. The van der Waals surface area contributed by atoms with Gasteiger partial charge in [0.2, 0.25) is 0 Å². The minimum Gasteiger partial charge on any atom is -0.397 e. The number of hydrogen-bond acceptors (Lipinski definition) is 3. The van der Waals surface area contributed by atoms with Crippen LogP contribution in [-0.4, -0.2) is 6.29 Å². The molecular formula is C9H6BrNOS. The second-order valence-corrected chi connectivity index (χ2v) is 4.41. The van der Waals surface area contributed by atoms with Crippen LogP contribution in [0.4, 0.5) is 5.69 Å². The summed E-state index contributed by atoms with van der Waals surface area (Å²) in [7, 11) is 0. The molecule has 0 spiro atoms. The van der Waals surface area contributed by atoms with E-state index in [1.807, 2.05) is 11.4 Å². The quantitative estimate of drug-likeness (QED) is 0.629. The predicted octanol–water partition coefficient (Wildman–Crippen LogP) is 3.06. The molecule has 4 heteroatoms. The summed E-state index contributed by atoms with van der Waals surface area (Å²) < 4.78 is 1.73. The highest BCUT2D eigenvalue weighted by Gasteiger charge is 2.08. The van der Waals surface area contributed by atoms with Gasteiger partial charge in [0.05, 0.1) is 5.69 Å². The number of nitrogens with two attached hydrogens (primary N) is 1. The Morgan fingerprint density at radius 1 is 1.54 bits per heavy atom. The summed E-state index contributed by atoms with van der Waals surface area (Å²) in [6, 6.07) is 3.67. The fourth-order valence-corrected chi connectivity index (χ4v) is 2.59. The molecule has 0 radical (unpaired) electrons. The van der Waals surface area contributed by atoms with Crippen LogP contribution in [0.1, 0.15) is 10.4 Å². The molecular weight excluding hydrogens is 250 g/mol. The van der Waals surface area contributed by atoms with Gasteiger partial charge in [0.25, 0.3) is 0 Å². The Hall–Kier alpha value is -0.870. The molecule has 66 valence electrons. The van der Waals surface area contributed by atoms with Crippen molar-refractivity contribution in [3.63, 3.8) is 0 Å². The molecule has 13 heavy (non-hydrogen) atoms. The number of aldehydes is 1. The van der Waals surface area contributed by atoms with Gasteiger partial charge in [-0.3, -0.25) is 4.79 Å². The van der Waals surface area contributed by atoms with Crippen molar-refractivity contribution in [2.75, 3.05) is 5.73 Å². The number of rotatable bonds is 1. The van der Waals surface area contributed by atoms with Gasteiger partial charge in [0.1, 0.15) is 0 Å². The largest absolute Gasteiger partial charge is 0.397 e. The number of carbonyl (C=O) groups is 1. The Morgan fingerprint density at radius 3 is 3.00 bits per heavy atom. The number of anilines is 1. The second kappa shape index (κ2) is 3.12. The second-order valence-electron chi connectivity index (χ2n) is 2.64. The molecule has 0 aliphatic heterocycles. The molecule has 2 rings (SSSR count). The lowest BCUT2D eigenvalue weighted by molar-refractivity contribution is 0.112. The first-order valence-electron chi connectivity index (χ1n) is 3.64. The van der Waals surface area contributed by atoms with Gasteiger partial charge in [-0.15, -0.1) is 11.3 Å². The number of halogens is 1. The van der Waals surface area contributed by atoms with Crippen LogP contribution in [0.15, 0.2) is 22.0 Å². The van der Waals surface area contributed by atoms with E-state index in [2.05, 4.69) is 15.9 Å². The van der Waals surface area contributed by atoms with Gasteiger partial charge >= 0.3 is 0 Å². The van der Waals surface area contributed by atoms with Gasteiger partial charge in [-0.1, -0.05) is 0 Å². The average Bonchev–Trinajstić information content (AvgIpc) is 2.60. The molecule has 1 heterocycles. The third-order valence-corrected chi connectivity index (χ3v) is 3.50. The van der Waals surface area contributed by atoms with Gasteiger partial charge in [-0.05, 0) is 33.4 Å². The molecule has 1 aromatic carbocycles. The van der Waals surface area contributed by atoms with E-state index in [9.17, 15) is 4.79 Å². The summed E-state index contributed by atoms with van der Waals surface area (Å²) in [5, 5.41) is 2.88. The SMILES string of the molecule is Nc1c(Br)cc(C=O)c2sccc12. The van der Waals surface area contributed by atoms with Crippen molar-refractivity contribution in [3.8, 4) is 0 Å². The summed E-state index contributed by atoms with van der Waals surface area (Å²) in [4.78, 5) is 10.7. The standard InChI is InChI=1S/C9H6BrNOS/c10-7-3-5(4-12)9-6(8(7)11)1-2-13-9/h1-4H,11H2. The van der Waals surface area contributed by atoms with E-state index in [4.69, 9.17) is 5.73 Å². The number of thiophene rings is 1. The molecule has 0 fully saturated rings. The van der Waals surface area contributed by atoms with E-state index in [0.717, 1.165) is 20.8 Å². The number of hydrogen-bond donors (Lipinski definition) is 1. The number of carbonyl (C=O) groups excluding carboxylic acids is 1. The molecule has 2 N–H and O–H groups in total. The van der Waals surface area contributed by atoms with Crippen LogP contribution < -0.4 is 5.73 Å². The van der Waals surface area contributed by atoms with E-state index in [1.54, 1.807) is 6.07 Å². The van der Waals surface area contributed by atoms with Crippen molar-refractivity contribution in [2.45, 2.75) is 0 Å². The highest BCUT2D eigenvalue weighted by molar-refractivity contribution is 9.10. The third kappa shape index (κ3) is 1.26. The van der Waals surface area contributed by atoms with Gasteiger partial charge < -0.3 is 5.73 Å². The number of nitrogen functional groups attached to an aromatic ring is 1. The lowest BCUT2D eigenvalue weighted by Crippen LogP contribution is -1.90. The van der Waals surface area contributed by atoms with Gasteiger partial charge in [-0.25, -0.2) is 0 Å². The third-order valence-electron chi connectivity index (χ3n) is 1.88. The van der Waals surface area contributed by atoms with Gasteiger partial charge in [0, 0.05) is 20.1 Å². The molecule has 2 nitrogen and oxygen atoms in total. The maximum absolute atomic E-state index is 10.7. The van der Waals surface area contributed by atoms with Crippen molar-refractivity contribution >= 4 is 49.3 Å². The maximum Gasteiger partial charge on any atom is 0.151 e. The summed E-state index contributed by atoms with van der Waals surface area (Å²) >= 11 is 4.84. The van der Waals surface area contributed by atoms with E-state index < -0.39 is 0 Å².